The van der Waals surface area contributed by atoms with Crippen molar-refractivity contribution in [2.45, 2.75) is 62.2 Å². The van der Waals surface area contributed by atoms with Crippen molar-refractivity contribution in [2.75, 3.05) is 13.2 Å². The van der Waals surface area contributed by atoms with Crippen molar-refractivity contribution in [3.05, 3.63) is 83.6 Å². The average Bonchev–Trinajstić information content (AvgIpc) is 2.94. The molecule has 8 atom stereocenters. The van der Waals surface area contributed by atoms with E-state index < -0.39 is 55.6 Å². The summed E-state index contributed by atoms with van der Waals surface area (Å²) in [6.07, 6.45) is -8.23. The van der Waals surface area contributed by atoms with Gasteiger partial charge >= 0.3 is 0 Å². The van der Waals surface area contributed by atoms with Crippen LogP contribution in [-0.4, -0.2) is 88.9 Å². The van der Waals surface area contributed by atoms with Gasteiger partial charge in [0, 0.05) is 0 Å². The molecule has 0 aromatic heterocycles. The van der Waals surface area contributed by atoms with E-state index in [0.717, 1.165) is 11.1 Å². The number of hydrogen-bond acceptors (Lipinski definition) is 10. The standard InChI is InChI=1S/C27H32O10/c28-11-19-15-34-21(16-33-13-17-7-3-1-4-8-17)26(25(19)35-14-18-9-5-2-6-10-18)37-27-24(32)23(31)22(30)20(12-29)36-27/h1-11,15,20-27,29-32H,12-14,16H2/t20-,21-,22+,23+,24-,25-,26-,27+/m1/s1. The Kier molecular flexibility index (Phi) is 9.78. The first-order valence-electron chi connectivity index (χ1n) is 12.1. The fourth-order valence-corrected chi connectivity index (χ4v) is 4.24. The predicted molar refractivity (Wildman–Crippen MR) is 129 cm³/mol. The van der Waals surface area contributed by atoms with Crippen molar-refractivity contribution in [3.8, 4) is 0 Å². The number of aliphatic hydroxyl groups is 4. The topological polar surface area (TPSA) is 144 Å². The van der Waals surface area contributed by atoms with Crippen LogP contribution in [0.5, 0.6) is 0 Å². The van der Waals surface area contributed by atoms with Crippen molar-refractivity contribution in [2.24, 2.45) is 0 Å². The SMILES string of the molecule is O=CC1=CO[C@H](COCc2ccccc2)[C@@H](O[C@@H]2O[C@H](CO)[C@H](O)[C@H](O)[C@H]2O)[C@@H]1OCc1ccccc1. The smallest absolute Gasteiger partial charge is 0.187 e. The minimum absolute atomic E-state index is 0.0464. The number of aldehydes is 1. The van der Waals surface area contributed by atoms with Crippen LogP contribution in [0.1, 0.15) is 11.1 Å². The van der Waals surface area contributed by atoms with Crippen molar-refractivity contribution in [3.63, 3.8) is 0 Å². The van der Waals surface area contributed by atoms with Crippen LogP contribution in [-0.2, 0) is 41.7 Å². The van der Waals surface area contributed by atoms with Crippen molar-refractivity contribution in [1.82, 2.24) is 0 Å². The molecule has 0 saturated carbocycles. The molecule has 4 rings (SSSR count). The van der Waals surface area contributed by atoms with Gasteiger partial charge < -0.3 is 44.1 Å². The largest absolute Gasteiger partial charge is 0.492 e. The molecule has 2 aliphatic rings. The second-order valence-corrected chi connectivity index (χ2v) is 8.93. The van der Waals surface area contributed by atoms with Gasteiger partial charge in [0.15, 0.2) is 18.7 Å². The van der Waals surface area contributed by atoms with E-state index in [-0.39, 0.29) is 18.8 Å². The lowest BCUT2D eigenvalue weighted by atomic mass is 9.97. The molecule has 0 radical (unpaired) electrons. The van der Waals surface area contributed by atoms with Crippen LogP contribution in [0.15, 0.2) is 72.5 Å². The summed E-state index contributed by atoms with van der Waals surface area (Å²) < 4.78 is 29.3. The zero-order chi connectivity index (χ0) is 26.2. The van der Waals surface area contributed by atoms with Gasteiger partial charge in [0.25, 0.3) is 0 Å². The van der Waals surface area contributed by atoms with Gasteiger partial charge in [0.1, 0.15) is 36.6 Å². The summed E-state index contributed by atoms with van der Waals surface area (Å²) in [4.78, 5) is 11.9. The van der Waals surface area contributed by atoms with Crippen LogP contribution >= 0.6 is 0 Å². The highest BCUT2D eigenvalue weighted by atomic mass is 16.7. The molecule has 0 spiro atoms. The van der Waals surface area contributed by atoms with E-state index in [1.165, 1.54) is 6.26 Å². The quantitative estimate of drug-likeness (QED) is 0.311. The van der Waals surface area contributed by atoms with Crippen LogP contribution in [0.25, 0.3) is 0 Å². The summed E-state index contributed by atoms with van der Waals surface area (Å²) in [5.41, 5.74) is 1.98. The van der Waals surface area contributed by atoms with Crippen molar-refractivity contribution < 1.29 is 48.9 Å². The molecular formula is C27H32O10. The van der Waals surface area contributed by atoms with E-state index in [1.54, 1.807) is 0 Å². The van der Waals surface area contributed by atoms with Gasteiger partial charge in [-0.25, -0.2) is 0 Å². The fourth-order valence-electron chi connectivity index (χ4n) is 4.24. The molecule has 2 aliphatic heterocycles. The summed E-state index contributed by atoms with van der Waals surface area (Å²) in [7, 11) is 0. The normalized spacial score (nSPS) is 31.8. The van der Waals surface area contributed by atoms with Crippen LogP contribution in [0.2, 0.25) is 0 Å². The first-order valence-corrected chi connectivity index (χ1v) is 12.1. The Bertz CT molecular complexity index is 999. The van der Waals surface area contributed by atoms with E-state index in [2.05, 4.69) is 0 Å². The number of aliphatic hydroxyl groups excluding tert-OH is 4. The van der Waals surface area contributed by atoms with Gasteiger partial charge in [-0.1, -0.05) is 60.7 Å². The summed E-state index contributed by atoms with van der Waals surface area (Å²) in [5.74, 6) is 0. The van der Waals surface area contributed by atoms with Gasteiger partial charge in [-0.05, 0) is 11.1 Å². The lowest BCUT2D eigenvalue weighted by Crippen LogP contribution is -2.61. The van der Waals surface area contributed by atoms with Gasteiger partial charge in [0.2, 0.25) is 0 Å². The Balaban J connectivity index is 1.54. The molecule has 4 N–H and O–H groups in total. The minimum atomic E-state index is -1.64. The van der Waals surface area contributed by atoms with Gasteiger partial charge in [-0.3, -0.25) is 4.79 Å². The maximum Gasteiger partial charge on any atom is 0.187 e. The molecule has 2 heterocycles. The molecule has 200 valence electrons. The number of rotatable bonds is 11. The Hall–Kier alpha value is -2.67. The third kappa shape index (κ3) is 6.81. The van der Waals surface area contributed by atoms with E-state index in [1.807, 2.05) is 60.7 Å². The first kappa shape index (κ1) is 27.4. The molecule has 10 heteroatoms. The van der Waals surface area contributed by atoms with Crippen molar-refractivity contribution >= 4 is 6.29 Å². The first-order chi connectivity index (χ1) is 18.0. The molecule has 1 saturated heterocycles. The average molecular weight is 517 g/mol. The van der Waals surface area contributed by atoms with Gasteiger partial charge in [0.05, 0.1) is 38.3 Å². The second-order valence-electron chi connectivity index (χ2n) is 8.93. The second kappa shape index (κ2) is 13.2. The summed E-state index contributed by atoms with van der Waals surface area (Å²) in [6, 6.07) is 18.9. The molecule has 0 amide bonds. The van der Waals surface area contributed by atoms with E-state index in [4.69, 9.17) is 23.7 Å². The number of ether oxygens (including phenoxy) is 5. The highest BCUT2D eigenvalue weighted by Crippen LogP contribution is 2.30. The molecule has 37 heavy (non-hydrogen) atoms. The third-order valence-corrected chi connectivity index (χ3v) is 6.31. The van der Waals surface area contributed by atoms with Crippen LogP contribution < -0.4 is 0 Å². The number of hydrogen-bond donors (Lipinski definition) is 4. The molecule has 2 aromatic carbocycles. The Labute approximate surface area is 214 Å². The highest BCUT2D eigenvalue weighted by Gasteiger charge is 2.48. The van der Waals surface area contributed by atoms with Crippen LogP contribution in [0.3, 0.4) is 0 Å². The zero-order valence-electron chi connectivity index (χ0n) is 20.1. The number of carbonyl (C=O) groups is 1. The molecule has 0 aliphatic carbocycles. The molecular weight excluding hydrogens is 484 g/mol. The monoisotopic (exact) mass is 516 g/mol. The maximum absolute atomic E-state index is 11.9. The van der Waals surface area contributed by atoms with Crippen LogP contribution in [0, 0.1) is 0 Å². The molecule has 0 unspecified atom stereocenters. The summed E-state index contributed by atoms with van der Waals surface area (Å²) in [5, 5.41) is 40.4. The maximum atomic E-state index is 11.9. The molecule has 0 bridgehead atoms. The number of benzene rings is 2. The van der Waals surface area contributed by atoms with Gasteiger partial charge in [-0.15, -0.1) is 0 Å². The number of carbonyl (C=O) groups excluding carboxylic acids is 1. The molecule has 2 aromatic rings. The molecule has 1 fully saturated rings. The Morgan fingerprint density at radius 3 is 2.11 bits per heavy atom. The summed E-state index contributed by atoms with van der Waals surface area (Å²) in [6.45, 7) is -0.107. The fraction of sp³-hybridized carbons (Fsp3) is 0.444. The van der Waals surface area contributed by atoms with E-state index in [0.29, 0.717) is 12.9 Å². The predicted octanol–water partition coefficient (Wildman–Crippen LogP) is 0.455. The zero-order valence-corrected chi connectivity index (χ0v) is 20.1. The minimum Gasteiger partial charge on any atom is -0.492 e. The lowest BCUT2D eigenvalue weighted by molar-refractivity contribution is -0.326. The Morgan fingerprint density at radius 1 is 0.838 bits per heavy atom. The Morgan fingerprint density at radius 2 is 1.49 bits per heavy atom. The third-order valence-electron chi connectivity index (χ3n) is 6.31. The summed E-state index contributed by atoms with van der Waals surface area (Å²) >= 11 is 0. The highest BCUT2D eigenvalue weighted by molar-refractivity contribution is 5.74. The van der Waals surface area contributed by atoms with Crippen molar-refractivity contribution in [1.29, 1.82) is 0 Å². The van der Waals surface area contributed by atoms with E-state index in [9.17, 15) is 25.2 Å². The van der Waals surface area contributed by atoms with Crippen LogP contribution in [0.4, 0.5) is 0 Å². The lowest BCUT2D eigenvalue weighted by Gasteiger charge is -2.43. The van der Waals surface area contributed by atoms with Gasteiger partial charge in [-0.2, -0.15) is 0 Å². The molecule has 10 nitrogen and oxygen atoms in total. The van der Waals surface area contributed by atoms with E-state index >= 15 is 0 Å².